The molecule has 0 aliphatic rings. The summed E-state index contributed by atoms with van der Waals surface area (Å²) in [5.74, 6) is -0.835. The van der Waals surface area contributed by atoms with Crippen LogP contribution in [0.3, 0.4) is 0 Å². The van der Waals surface area contributed by atoms with Crippen LogP contribution < -0.4 is 0 Å². The van der Waals surface area contributed by atoms with Crippen molar-refractivity contribution in [2.24, 2.45) is 15.6 Å². The molecule has 0 aliphatic heterocycles. The van der Waals surface area contributed by atoms with Crippen molar-refractivity contribution < 1.29 is 18.3 Å². The molecule has 1 unspecified atom stereocenters. The zero-order valence-electron chi connectivity index (χ0n) is 19.8. The maximum Gasteiger partial charge on any atom is 0.299 e. The van der Waals surface area contributed by atoms with E-state index in [1.807, 2.05) is 24.3 Å². The van der Waals surface area contributed by atoms with Crippen molar-refractivity contribution in [1.29, 1.82) is 0 Å². The molecule has 180 valence electrons. The second kappa shape index (κ2) is 9.84. The monoisotopic (exact) mass is 489 g/mol. The molecular weight excluding hydrogens is 462 g/mol. The lowest BCUT2D eigenvalue weighted by Gasteiger charge is -2.14. The van der Waals surface area contributed by atoms with Crippen molar-refractivity contribution in [3.63, 3.8) is 0 Å². The van der Waals surface area contributed by atoms with E-state index in [0.717, 1.165) is 12.0 Å². The first-order valence-corrected chi connectivity index (χ1v) is 12.8. The molecule has 3 aromatic carbocycles. The molecule has 1 heterocycles. The lowest BCUT2D eigenvalue weighted by molar-refractivity contribution is 0.0881. The van der Waals surface area contributed by atoms with Crippen LogP contribution in [0.5, 0.6) is 5.88 Å². The second-order valence-corrected chi connectivity index (χ2v) is 10.5. The first kappa shape index (κ1) is 24.3. The SMILES string of the molecule is CC(C)Cc1ccc(C(C)C(=O)n2c(O)c(N=NS(=O)(=O)c3ccccc3)c3ccccc32)cc1. The van der Waals surface area contributed by atoms with E-state index in [-0.39, 0.29) is 16.5 Å². The zero-order valence-corrected chi connectivity index (χ0v) is 20.6. The van der Waals surface area contributed by atoms with Gasteiger partial charge in [-0.3, -0.25) is 4.79 Å². The van der Waals surface area contributed by atoms with Gasteiger partial charge < -0.3 is 5.11 Å². The quantitative estimate of drug-likeness (QED) is 0.301. The molecule has 1 atom stereocenters. The van der Waals surface area contributed by atoms with Crippen LogP contribution in [0.1, 0.15) is 42.6 Å². The molecule has 0 bridgehead atoms. The molecule has 0 amide bonds. The number of carbonyl (C=O) groups excluding carboxylic acids is 1. The molecular formula is C27H27N3O4S. The minimum absolute atomic E-state index is 0.0161. The lowest BCUT2D eigenvalue weighted by Crippen LogP contribution is -2.17. The Balaban J connectivity index is 1.71. The molecule has 1 N–H and O–H groups in total. The average molecular weight is 490 g/mol. The predicted molar refractivity (Wildman–Crippen MR) is 136 cm³/mol. The topological polar surface area (TPSA) is 101 Å². The highest BCUT2D eigenvalue weighted by atomic mass is 32.2. The van der Waals surface area contributed by atoms with Crippen molar-refractivity contribution in [2.45, 2.75) is 38.0 Å². The molecule has 0 saturated heterocycles. The maximum atomic E-state index is 13.5. The van der Waals surface area contributed by atoms with Crippen LogP contribution in [0.2, 0.25) is 0 Å². The van der Waals surface area contributed by atoms with Gasteiger partial charge in [0, 0.05) is 5.39 Å². The predicted octanol–water partition coefficient (Wildman–Crippen LogP) is 6.46. The van der Waals surface area contributed by atoms with Gasteiger partial charge >= 0.3 is 0 Å². The smallest absolute Gasteiger partial charge is 0.299 e. The Bertz CT molecular complexity index is 1490. The first-order valence-electron chi connectivity index (χ1n) is 11.4. The van der Waals surface area contributed by atoms with Crippen LogP contribution in [0.15, 0.2) is 93.4 Å². The third kappa shape index (κ3) is 5.02. The summed E-state index contributed by atoms with van der Waals surface area (Å²) in [7, 11) is -4.07. The Morgan fingerprint density at radius 2 is 1.54 bits per heavy atom. The summed E-state index contributed by atoms with van der Waals surface area (Å²) in [5, 5.41) is 15.3. The van der Waals surface area contributed by atoms with Gasteiger partial charge in [0.15, 0.2) is 5.69 Å². The van der Waals surface area contributed by atoms with E-state index in [1.54, 1.807) is 49.4 Å². The zero-order chi connectivity index (χ0) is 25.2. The number of sulfonamides is 1. The molecule has 4 rings (SSSR count). The summed E-state index contributed by atoms with van der Waals surface area (Å²) >= 11 is 0. The van der Waals surface area contributed by atoms with Crippen LogP contribution in [-0.2, 0) is 16.4 Å². The van der Waals surface area contributed by atoms with Gasteiger partial charge in [0.05, 0.1) is 16.3 Å². The fourth-order valence-electron chi connectivity index (χ4n) is 4.02. The van der Waals surface area contributed by atoms with Crippen LogP contribution in [0.25, 0.3) is 10.9 Å². The summed E-state index contributed by atoms with van der Waals surface area (Å²) in [6.07, 6.45) is 0.950. The summed E-state index contributed by atoms with van der Waals surface area (Å²) in [6.45, 7) is 6.08. The van der Waals surface area contributed by atoms with Gasteiger partial charge in [0.2, 0.25) is 11.8 Å². The van der Waals surface area contributed by atoms with Gasteiger partial charge in [-0.15, -0.1) is 5.11 Å². The van der Waals surface area contributed by atoms with Gasteiger partial charge in [-0.1, -0.05) is 79.0 Å². The maximum absolute atomic E-state index is 13.5. The van der Waals surface area contributed by atoms with Crippen molar-refractivity contribution in [3.8, 4) is 5.88 Å². The number of nitrogens with zero attached hydrogens (tertiary/aromatic N) is 3. The van der Waals surface area contributed by atoms with Crippen molar-refractivity contribution in [3.05, 3.63) is 90.0 Å². The normalized spacial score (nSPS) is 13.0. The van der Waals surface area contributed by atoms with Crippen molar-refractivity contribution in [2.75, 3.05) is 0 Å². The van der Waals surface area contributed by atoms with Crippen LogP contribution in [0.4, 0.5) is 5.69 Å². The highest BCUT2D eigenvalue weighted by molar-refractivity contribution is 7.90. The molecule has 0 saturated carbocycles. The highest BCUT2D eigenvalue weighted by Crippen LogP contribution is 2.40. The van der Waals surface area contributed by atoms with E-state index in [9.17, 15) is 18.3 Å². The summed E-state index contributed by atoms with van der Waals surface area (Å²) in [6, 6.07) is 22.4. The summed E-state index contributed by atoms with van der Waals surface area (Å²) in [4.78, 5) is 13.5. The van der Waals surface area contributed by atoms with E-state index in [4.69, 9.17) is 0 Å². The van der Waals surface area contributed by atoms with Gasteiger partial charge in [-0.2, -0.15) is 8.42 Å². The Morgan fingerprint density at radius 1 is 0.914 bits per heavy atom. The Kier molecular flexibility index (Phi) is 6.84. The largest absolute Gasteiger partial charge is 0.493 e. The number of hydrogen-bond acceptors (Lipinski definition) is 5. The summed E-state index contributed by atoms with van der Waals surface area (Å²) < 4.78 is 29.8. The van der Waals surface area contributed by atoms with E-state index < -0.39 is 21.8 Å². The standard InChI is InChI=1S/C27H27N3O4S/c1-18(2)17-20-13-15-21(16-14-20)19(3)26(31)30-24-12-8-7-11-23(24)25(27(30)32)28-29-35(33,34)22-9-5-4-6-10-22/h4-16,18-19,32H,17H2,1-3H3. The number of hydrogen-bond donors (Lipinski definition) is 1. The van der Waals surface area contributed by atoms with Gasteiger partial charge in [-0.25, -0.2) is 4.57 Å². The molecule has 35 heavy (non-hydrogen) atoms. The van der Waals surface area contributed by atoms with E-state index in [2.05, 4.69) is 23.5 Å². The van der Waals surface area contributed by atoms with E-state index >= 15 is 0 Å². The minimum atomic E-state index is -4.07. The molecule has 7 nitrogen and oxygen atoms in total. The first-order chi connectivity index (χ1) is 16.7. The molecule has 0 fully saturated rings. The van der Waals surface area contributed by atoms with Crippen molar-refractivity contribution >= 4 is 32.5 Å². The van der Waals surface area contributed by atoms with Gasteiger partial charge in [0.25, 0.3) is 10.0 Å². The Hall–Kier alpha value is -3.78. The fraction of sp³-hybridized carbons (Fsp3) is 0.222. The Morgan fingerprint density at radius 3 is 2.20 bits per heavy atom. The second-order valence-electron chi connectivity index (χ2n) is 8.89. The number of fused-ring (bicyclic) bond motifs is 1. The molecule has 8 heteroatoms. The average Bonchev–Trinajstić information content (AvgIpc) is 3.13. The fourth-order valence-corrected chi connectivity index (χ4v) is 4.80. The van der Waals surface area contributed by atoms with Crippen LogP contribution >= 0.6 is 0 Å². The van der Waals surface area contributed by atoms with E-state index in [1.165, 1.54) is 22.3 Å². The summed E-state index contributed by atoms with van der Waals surface area (Å²) in [5.41, 5.74) is 2.35. The number of aromatic hydroxyl groups is 1. The molecule has 0 spiro atoms. The van der Waals surface area contributed by atoms with Crippen LogP contribution in [0, 0.1) is 5.92 Å². The molecule has 1 aromatic heterocycles. The Labute approximate surface area is 204 Å². The molecule has 0 aliphatic carbocycles. The lowest BCUT2D eigenvalue weighted by atomic mass is 9.96. The number of aromatic nitrogens is 1. The number of carbonyl (C=O) groups is 1. The van der Waals surface area contributed by atoms with Crippen LogP contribution in [-0.4, -0.2) is 24.0 Å². The molecule has 4 aromatic rings. The van der Waals surface area contributed by atoms with Gasteiger partial charge in [0.1, 0.15) is 0 Å². The highest BCUT2D eigenvalue weighted by Gasteiger charge is 2.26. The number of benzene rings is 3. The number of para-hydroxylation sites is 1. The van der Waals surface area contributed by atoms with Crippen molar-refractivity contribution in [1.82, 2.24) is 4.57 Å². The third-order valence-electron chi connectivity index (χ3n) is 5.83. The third-order valence-corrected chi connectivity index (χ3v) is 6.99. The van der Waals surface area contributed by atoms with Gasteiger partial charge in [-0.05, 0) is 48.6 Å². The minimum Gasteiger partial charge on any atom is -0.493 e. The molecule has 0 radical (unpaired) electrons. The van der Waals surface area contributed by atoms with E-state index in [0.29, 0.717) is 16.8 Å². The number of rotatable bonds is 7.